The molecule has 0 radical (unpaired) electrons. The summed E-state index contributed by atoms with van der Waals surface area (Å²) in [6, 6.07) is 20.2. The van der Waals surface area contributed by atoms with Crippen molar-refractivity contribution in [3.63, 3.8) is 0 Å². The molecule has 0 fully saturated rings. The van der Waals surface area contributed by atoms with Crippen molar-refractivity contribution in [2.24, 2.45) is 0 Å². The maximum Gasteiger partial charge on any atom is 0.273 e. The first kappa shape index (κ1) is 17.8. The van der Waals surface area contributed by atoms with Gasteiger partial charge >= 0.3 is 0 Å². The second kappa shape index (κ2) is 8.40. The van der Waals surface area contributed by atoms with E-state index in [9.17, 15) is 4.79 Å². The van der Waals surface area contributed by atoms with Crippen LogP contribution in [0.25, 0.3) is 0 Å². The molecule has 3 rings (SSSR count). The maximum absolute atomic E-state index is 12.4. The number of amides is 1. The van der Waals surface area contributed by atoms with E-state index in [2.05, 4.69) is 32.7 Å². The summed E-state index contributed by atoms with van der Waals surface area (Å²) in [6.45, 7) is 1.09. The van der Waals surface area contributed by atoms with Crippen LogP contribution in [0.5, 0.6) is 0 Å². The molecule has 0 aliphatic heterocycles. The average Bonchev–Trinajstić information content (AvgIpc) is 3.12. The zero-order chi connectivity index (χ0) is 18.4. The Labute approximate surface area is 153 Å². The van der Waals surface area contributed by atoms with Gasteiger partial charge in [0.05, 0.1) is 18.8 Å². The minimum absolute atomic E-state index is 0.0968. The van der Waals surface area contributed by atoms with E-state index >= 15 is 0 Å². The molecular weight excluding hydrogens is 326 g/mol. The molecule has 1 amide bonds. The molecule has 2 aromatic carbocycles. The van der Waals surface area contributed by atoms with Gasteiger partial charge in [-0.05, 0) is 25.2 Å². The third-order valence-electron chi connectivity index (χ3n) is 4.22. The quantitative estimate of drug-likeness (QED) is 0.711. The standard InChI is InChI=1S/C20H23N5O/c1-24(2)19(17-11-7-4-8-12-17)13-21-20(26)18-15-25(23-22-18)14-16-9-5-3-6-10-16/h3-12,15,19H,13-14H2,1-2H3,(H,21,26)/t19-/m1/s1. The topological polar surface area (TPSA) is 63.1 Å². The van der Waals surface area contributed by atoms with Crippen molar-refractivity contribution in [2.45, 2.75) is 12.6 Å². The number of likely N-dealkylation sites (N-methyl/N-ethyl adjacent to an activating group) is 1. The van der Waals surface area contributed by atoms with Crippen LogP contribution in [-0.4, -0.2) is 46.4 Å². The second-order valence-electron chi connectivity index (χ2n) is 6.39. The molecule has 0 aliphatic carbocycles. The molecule has 0 unspecified atom stereocenters. The van der Waals surface area contributed by atoms with Crippen molar-refractivity contribution in [3.05, 3.63) is 83.7 Å². The number of hydrogen-bond acceptors (Lipinski definition) is 4. The monoisotopic (exact) mass is 349 g/mol. The van der Waals surface area contributed by atoms with E-state index in [1.807, 2.05) is 62.6 Å². The molecule has 0 aliphatic rings. The molecule has 6 nitrogen and oxygen atoms in total. The summed E-state index contributed by atoms with van der Waals surface area (Å²) in [4.78, 5) is 14.5. The number of hydrogen-bond donors (Lipinski definition) is 1. The Morgan fingerprint density at radius 3 is 2.38 bits per heavy atom. The van der Waals surface area contributed by atoms with Gasteiger partial charge in [-0.3, -0.25) is 4.79 Å². The van der Waals surface area contributed by atoms with Gasteiger partial charge in [-0.2, -0.15) is 0 Å². The molecular formula is C20H23N5O. The van der Waals surface area contributed by atoms with Gasteiger partial charge in [-0.25, -0.2) is 4.68 Å². The molecule has 0 spiro atoms. The number of benzene rings is 2. The Morgan fingerprint density at radius 1 is 1.08 bits per heavy atom. The molecule has 1 aromatic heterocycles. The van der Waals surface area contributed by atoms with Crippen molar-refractivity contribution in [1.82, 2.24) is 25.2 Å². The van der Waals surface area contributed by atoms with Gasteiger partial charge in [-0.1, -0.05) is 65.9 Å². The third-order valence-corrected chi connectivity index (χ3v) is 4.22. The fraction of sp³-hybridized carbons (Fsp3) is 0.250. The Bertz CT molecular complexity index is 830. The number of carbonyl (C=O) groups is 1. The SMILES string of the molecule is CN(C)[C@H](CNC(=O)c1cn(Cc2ccccc2)nn1)c1ccccc1. The molecule has 1 N–H and O–H groups in total. The zero-order valence-corrected chi connectivity index (χ0v) is 15.0. The summed E-state index contributed by atoms with van der Waals surface area (Å²) >= 11 is 0. The molecule has 1 heterocycles. The Balaban J connectivity index is 1.61. The lowest BCUT2D eigenvalue weighted by Gasteiger charge is -2.24. The molecule has 1 atom stereocenters. The van der Waals surface area contributed by atoms with Crippen LogP contribution >= 0.6 is 0 Å². The van der Waals surface area contributed by atoms with Crippen LogP contribution in [0.3, 0.4) is 0 Å². The van der Waals surface area contributed by atoms with Gasteiger partial charge < -0.3 is 10.2 Å². The summed E-state index contributed by atoms with van der Waals surface area (Å²) in [5.41, 5.74) is 2.60. The minimum atomic E-state index is -0.216. The van der Waals surface area contributed by atoms with E-state index in [-0.39, 0.29) is 11.9 Å². The summed E-state index contributed by atoms with van der Waals surface area (Å²) in [6.07, 6.45) is 1.68. The van der Waals surface area contributed by atoms with Crippen molar-refractivity contribution < 1.29 is 4.79 Å². The number of aromatic nitrogens is 3. The lowest BCUT2D eigenvalue weighted by atomic mass is 10.1. The number of rotatable bonds is 7. The highest BCUT2D eigenvalue weighted by Gasteiger charge is 2.17. The zero-order valence-electron chi connectivity index (χ0n) is 15.0. The first-order valence-corrected chi connectivity index (χ1v) is 8.57. The van der Waals surface area contributed by atoms with Crippen LogP contribution in [-0.2, 0) is 6.54 Å². The Morgan fingerprint density at radius 2 is 1.73 bits per heavy atom. The van der Waals surface area contributed by atoms with E-state index in [0.717, 1.165) is 11.1 Å². The highest BCUT2D eigenvalue weighted by atomic mass is 16.2. The van der Waals surface area contributed by atoms with E-state index in [1.165, 1.54) is 0 Å². The van der Waals surface area contributed by atoms with Crippen LogP contribution < -0.4 is 5.32 Å². The van der Waals surface area contributed by atoms with Crippen molar-refractivity contribution in [1.29, 1.82) is 0 Å². The first-order chi connectivity index (χ1) is 12.6. The van der Waals surface area contributed by atoms with Crippen LogP contribution in [0, 0.1) is 0 Å². The van der Waals surface area contributed by atoms with Gasteiger partial charge in [0.25, 0.3) is 5.91 Å². The Hall–Kier alpha value is -2.99. The minimum Gasteiger partial charge on any atom is -0.349 e. The molecule has 0 bridgehead atoms. The summed E-state index contributed by atoms with van der Waals surface area (Å²) in [7, 11) is 4.00. The van der Waals surface area contributed by atoms with Crippen molar-refractivity contribution >= 4 is 5.91 Å². The Kier molecular flexibility index (Phi) is 5.76. The normalized spacial score (nSPS) is 12.1. The lowest BCUT2D eigenvalue weighted by Crippen LogP contribution is -2.34. The molecule has 3 aromatic rings. The predicted molar refractivity (Wildman–Crippen MR) is 101 cm³/mol. The molecule has 6 heteroatoms. The van der Waals surface area contributed by atoms with Crippen molar-refractivity contribution in [3.8, 4) is 0 Å². The highest BCUT2D eigenvalue weighted by Crippen LogP contribution is 2.16. The highest BCUT2D eigenvalue weighted by molar-refractivity contribution is 5.91. The van der Waals surface area contributed by atoms with Crippen LogP contribution in [0.15, 0.2) is 66.9 Å². The average molecular weight is 349 g/mol. The van der Waals surface area contributed by atoms with E-state index in [0.29, 0.717) is 18.8 Å². The number of carbonyl (C=O) groups excluding carboxylic acids is 1. The largest absolute Gasteiger partial charge is 0.349 e. The number of nitrogens with zero attached hydrogens (tertiary/aromatic N) is 4. The number of nitrogens with one attached hydrogen (secondary N) is 1. The van der Waals surface area contributed by atoms with Gasteiger partial charge in [0.1, 0.15) is 0 Å². The fourth-order valence-electron chi connectivity index (χ4n) is 2.80. The maximum atomic E-state index is 12.4. The smallest absolute Gasteiger partial charge is 0.273 e. The second-order valence-corrected chi connectivity index (χ2v) is 6.39. The van der Waals surface area contributed by atoms with Crippen molar-refractivity contribution in [2.75, 3.05) is 20.6 Å². The van der Waals surface area contributed by atoms with E-state index in [1.54, 1.807) is 10.9 Å². The van der Waals surface area contributed by atoms with Gasteiger partial charge in [0.15, 0.2) is 5.69 Å². The lowest BCUT2D eigenvalue weighted by molar-refractivity contribution is 0.0937. The first-order valence-electron chi connectivity index (χ1n) is 8.57. The van der Waals surface area contributed by atoms with Gasteiger partial charge in [0, 0.05) is 6.54 Å². The van der Waals surface area contributed by atoms with E-state index in [4.69, 9.17) is 0 Å². The van der Waals surface area contributed by atoms with Gasteiger partial charge in [0.2, 0.25) is 0 Å². The summed E-state index contributed by atoms with van der Waals surface area (Å²) < 4.78 is 1.67. The van der Waals surface area contributed by atoms with Gasteiger partial charge in [-0.15, -0.1) is 5.10 Å². The van der Waals surface area contributed by atoms with Crippen LogP contribution in [0.4, 0.5) is 0 Å². The third kappa shape index (κ3) is 4.55. The molecule has 26 heavy (non-hydrogen) atoms. The van der Waals surface area contributed by atoms with Crippen LogP contribution in [0.1, 0.15) is 27.7 Å². The fourth-order valence-corrected chi connectivity index (χ4v) is 2.80. The molecule has 134 valence electrons. The van der Waals surface area contributed by atoms with Crippen LogP contribution in [0.2, 0.25) is 0 Å². The summed E-state index contributed by atoms with van der Waals surface area (Å²) in [5, 5.41) is 11.0. The van der Waals surface area contributed by atoms with E-state index < -0.39 is 0 Å². The summed E-state index contributed by atoms with van der Waals surface area (Å²) in [5.74, 6) is -0.216. The molecule has 0 saturated carbocycles. The predicted octanol–water partition coefficient (Wildman–Crippen LogP) is 2.36. The molecule has 0 saturated heterocycles.